The number of hydrogen-bond acceptors (Lipinski definition) is 4. The number of rotatable bonds is 2. The van der Waals surface area contributed by atoms with Gasteiger partial charge in [0.25, 0.3) is 0 Å². The van der Waals surface area contributed by atoms with Crippen LogP contribution in [0.2, 0.25) is 0 Å². The normalized spacial score (nSPS) is 29.0. The van der Waals surface area contributed by atoms with Gasteiger partial charge in [0.1, 0.15) is 5.75 Å². The summed E-state index contributed by atoms with van der Waals surface area (Å²) in [5, 5.41) is 0. The van der Waals surface area contributed by atoms with Crippen LogP contribution in [0, 0.1) is 6.85 Å². The predicted molar refractivity (Wildman–Crippen MR) is 71.2 cm³/mol. The van der Waals surface area contributed by atoms with Crippen LogP contribution in [-0.2, 0) is 9.31 Å². The Balaban J connectivity index is 2.65. The van der Waals surface area contributed by atoms with Crippen molar-refractivity contribution in [1.29, 1.82) is 0 Å². The summed E-state index contributed by atoms with van der Waals surface area (Å²) in [5.41, 5.74) is -2.49. The predicted octanol–water partition coefficient (Wildman–Crippen LogP) is 1.70. The van der Waals surface area contributed by atoms with Gasteiger partial charge in [0.05, 0.1) is 30.8 Å². The summed E-state index contributed by atoms with van der Waals surface area (Å²) in [6.07, 6.45) is -0.544. The van der Waals surface area contributed by atoms with Gasteiger partial charge in [-0.1, -0.05) is 0 Å². The first-order valence-electron chi connectivity index (χ1n) is 9.52. The van der Waals surface area contributed by atoms with Crippen LogP contribution in [0.25, 0.3) is 0 Å². The molecule has 4 nitrogen and oxygen atoms in total. The van der Waals surface area contributed by atoms with Gasteiger partial charge in [-0.2, -0.15) is 0 Å². The summed E-state index contributed by atoms with van der Waals surface area (Å²) in [6, 6.07) is -0.606. The molecule has 2 rings (SSSR count). The number of ether oxygens (including phenoxy) is 1. The van der Waals surface area contributed by atoms with Crippen molar-refractivity contribution in [2.75, 3.05) is 7.04 Å². The van der Waals surface area contributed by atoms with E-state index < -0.39 is 55.9 Å². The summed E-state index contributed by atoms with van der Waals surface area (Å²) in [6.45, 7) is 4.21. The molecule has 1 aliphatic heterocycles. The third-order valence-electron chi connectivity index (χ3n) is 3.34. The van der Waals surface area contributed by atoms with Crippen LogP contribution in [-0.4, -0.2) is 30.3 Å². The fourth-order valence-electron chi connectivity index (χ4n) is 1.52. The zero-order chi connectivity index (χ0) is 20.3. The van der Waals surface area contributed by atoms with E-state index in [4.69, 9.17) is 25.0 Å². The van der Waals surface area contributed by atoms with Crippen molar-refractivity contribution >= 4 is 12.6 Å². The molecule has 0 bridgehead atoms. The molecule has 18 heavy (non-hydrogen) atoms. The van der Waals surface area contributed by atoms with E-state index in [1.54, 1.807) is 27.7 Å². The topological polar surface area (TPSA) is 40.6 Å². The van der Waals surface area contributed by atoms with Gasteiger partial charge in [-0.15, -0.1) is 0 Å². The molecule has 0 spiro atoms. The van der Waals surface area contributed by atoms with Gasteiger partial charge in [-0.05, 0) is 40.6 Å². The minimum atomic E-state index is -2.99. The highest BCUT2D eigenvalue weighted by Crippen LogP contribution is 2.36. The van der Waals surface area contributed by atoms with Crippen molar-refractivity contribution in [1.82, 2.24) is 4.98 Å². The fraction of sp³-hybridized carbons (Fsp3) is 0.615. The highest BCUT2D eigenvalue weighted by atomic mass is 16.7. The molecule has 0 aliphatic carbocycles. The second-order valence-electron chi connectivity index (χ2n) is 5.13. The summed E-state index contributed by atoms with van der Waals surface area (Å²) >= 11 is 0. The van der Waals surface area contributed by atoms with E-state index in [1.165, 1.54) is 0 Å². The molecule has 1 aliphatic rings. The van der Waals surface area contributed by atoms with E-state index >= 15 is 0 Å². The zero-order valence-corrected chi connectivity index (χ0v) is 10.7. The molecular weight excluding hydrogens is 229 g/mol. The Morgan fingerprint density at radius 3 is 2.56 bits per heavy atom. The largest absolute Gasteiger partial charge is 0.496 e. The third-order valence-corrected chi connectivity index (χ3v) is 3.34. The van der Waals surface area contributed by atoms with Crippen molar-refractivity contribution in [3.05, 3.63) is 17.9 Å². The van der Waals surface area contributed by atoms with E-state index in [2.05, 4.69) is 4.98 Å². The number of methoxy groups -OCH3 is 1. The molecule has 5 heteroatoms. The summed E-state index contributed by atoms with van der Waals surface area (Å²) in [4.78, 5) is 3.68. The molecule has 2 heterocycles. The molecule has 1 aromatic heterocycles. The van der Waals surface area contributed by atoms with E-state index in [-0.39, 0.29) is 5.46 Å². The van der Waals surface area contributed by atoms with Gasteiger partial charge >= 0.3 is 7.12 Å². The quantitative estimate of drug-likeness (QED) is 0.756. The van der Waals surface area contributed by atoms with Crippen molar-refractivity contribution in [2.45, 2.75) is 45.7 Å². The maximum atomic E-state index is 8.27. The first-order chi connectivity index (χ1) is 11.5. The zero-order valence-electron chi connectivity index (χ0n) is 18.7. The summed E-state index contributed by atoms with van der Waals surface area (Å²) in [7, 11) is -4.18. The van der Waals surface area contributed by atoms with Crippen LogP contribution in [0.1, 0.15) is 44.4 Å². The van der Waals surface area contributed by atoms with Crippen LogP contribution < -0.4 is 10.2 Å². The lowest BCUT2D eigenvalue weighted by Crippen LogP contribution is -2.41. The monoisotopic (exact) mass is 257 g/mol. The molecule has 0 aromatic carbocycles. The van der Waals surface area contributed by atoms with Crippen LogP contribution >= 0.6 is 0 Å². The molecule has 98 valence electrons. The average Bonchev–Trinajstić information content (AvgIpc) is 2.58. The second-order valence-corrected chi connectivity index (χ2v) is 5.13. The lowest BCUT2D eigenvalue weighted by molar-refractivity contribution is 0.00578. The Morgan fingerprint density at radius 2 is 2.00 bits per heavy atom. The molecule has 0 saturated carbocycles. The Labute approximate surface area is 120 Å². The minimum absolute atomic E-state index is 0.184. The summed E-state index contributed by atoms with van der Waals surface area (Å²) in [5.74, 6) is -0.731. The number of hydrogen-bond donors (Lipinski definition) is 0. The highest BCUT2D eigenvalue weighted by Gasteiger charge is 2.51. The number of nitrogens with zero attached hydrogens (tertiary/aromatic N) is 1. The van der Waals surface area contributed by atoms with Crippen LogP contribution in [0.5, 0.6) is 5.75 Å². The molecule has 1 aromatic rings. The SMILES string of the molecule is [2H]c1nc(C([2H])([2H])[2H])c(OC([2H])([2H])[2H])c([2H])c1B1OC(C)(C)C(C)(C)O1. The first-order valence-corrected chi connectivity index (χ1v) is 5.52. The smallest absolute Gasteiger partial charge is 0.495 e. The Hall–Kier alpha value is -1.07. The van der Waals surface area contributed by atoms with E-state index in [9.17, 15) is 0 Å². The molecule has 0 atom stereocenters. The first kappa shape index (κ1) is 6.39. The van der Waals surface area contributed by atoms with Gasteiger partial charge in [-0.3, -0.25) is 4.98 Å². The number of pyridine rings is 1. The molecular formula is C13H20BNO3. The van der Waals surface area contributed by atoms with E-state index in [1.807, 2.05) is 0 Å². The number of aromatic nitrogens is 1. The van der Waals surface area contributed by atoms with Crippen LogP contribution in [0.15, 0.2) is 12.2 Å². The lowest BCUT2D eigenvalue weighted by Gasteiger charge is -2.32. The van der Waals surface area contributed by atoms with Crippen LogP contribution in [0.3, 0.4) is 0 Å². The molecule has 1 fully saturated rings. The minimum Gasteiger partial charge on any atom is -0.495 e. The maximum absolute atomic E-state index is 8.27. The summed E-state index contributed by atoms with van der Waals surface area (Å²) < 4.78 is 76.8. The van der Waals surface area contributed by atoms with Gasteiger partial charge in [-0.25, -0.2) is 0 Å². The Morgan fingerprint density at radius 1 is 1.33 bits per heavy atom. The van der Waals surface area contributed by atoms with Crippen molar-refractivity contribution in [3.8, 4) is 5.75 Å². The molecule has 0 amide bonds. The van der Waals surface area contributed by atoms with Crippen molar-refractivity contribution in [2.24, 2.45) is 0 Å². The fourth-order valence-corrected chi connectivity index (χ4v) is 1.52. The van der Waals surface area contributed by atoms with Crippen molar-refractivity contribution < 1.29 is 25.0 Å². The molecule has 0 radical (unpaired) electrons. The van der Waals surface area contributed by atoms with Gasteiger partial charge < -0.3 is 14.0 Å². The van der Waals surface area contributed by atoms with E-state index in [0.717, 1.165) is 0 Å². The van der Waals surface area contributed by atoms with Gasteiger partial charge in [0.15, 0.2) is 0 Å². The second kappa shape index (κ2) is 4.25. The Kier molecular flexibility index (Phi) is 1.51. The number of aryl methyl sites for hydroxylation is 1. The van der Waals surface area contributed by atoms with Gasteiger partial charge in [0, 0.05) is 15.7 Å². The molecule has 0 unspecified atom stereocenters. The Bertz CT molecular complexity index is 701. The average molecular weight is 257 g/mol. The molecule has 1 saturated heterocycles. The van der Waals surface area contributed by atoms with E-state index in [0.29, 0.717) is 0 Å². The lowest BCUT2D eigenvalue weighted by atomic mass is 9.80. The molecule has 0 N–H and O–H groups in total. The maximum Gasteiger partial charge on any atom is 0.496 e. The third kappa shape index (κ3) is 2.13. The highest BCUT2D eigenvalue weighted by molar-refractivity contribution is 6.62. The van der Waals surface area contributed by atoms with Crippen LogP contribution in [0.4, 0.5) is 0 Å². The standard InChI is InChI=1S/C13H20BNO3/c1-9-11(16-6)7-10(8-15-9)14-17-12(2,3)13(4,5)18-14/h7-8H,1-6H3/i1D3,6D3,7D,8D. The van der Waals surface area contributed by atoms with Gasteiger partial charge in [0.2, 0.25) is 0 Å². The van der Waals surface area contributed by atoms with Crippen molar-refractivity contribution in [3.63, 3.8) is 0 Å².